The van der Waals surface area contributed by atoms with E-state index in [1.807, 2.05) is 35.9 Å². The summed E-state index contributed by atoms with van der Waals surface area (Å²) >= 11 is 0. The second-order valence-corrected chi connectivity index (χ2v) is 4.35. The molecular weight excluding hydrogens is 242 g/mol. The first-order valence-electron chi connectivity index (χ1n) is 6.11. The minimum atomic E-state index is -0.118. The van der Waals surface area contributed by atoms with E-state index in [0.717, 1.165) is 11.4 Å². The van der Waals surface area contributed by atoms with E-state index in [2.05, 4.69) is 4.98 Å². The van der Waals surface area contributed by atoms with E-state index in [9.17, 15) is 0 Å². The number of aromatic nitrogens is 2. The van der Waals surface area contributed by atoms with Crippen LogP contribution in [0.3, 0.4) is 0 Å². The molecule has 2 N–H and O–H groups in total. The lowest BCUT2D eigenvalue weighted by Gasteiger charge is -2.16. The number of nitrogens with zero attached hydrogens (tertiary/aromatic N) is 2. The molecule has 0 saturated carbocycles. The van der Waals surface area contributed by atoms with Gasteiger partial charge < -0.3 is 19.8 Å². The quantitative estimate of drug-likeness (QED) is 0.893. The number of hydrogen-bond donors (Lipinski definition) is 1. The van der Waals surface area contributed by atoms with Crippen LogP contribution in [0.1, 0.15) is 17.4 Å². The Bertz CT molecular complexity index is 551. The largest absolute Gasteiger partial charge is 0.493 e. The monoisotopic (exact) mass is 261 g/mol. The number of nitrogens with two attached hydrogens (primary N) is 1. The van der Waals surface area contributed by atoms with Gasteiger partial charge in [0.15, 0.2) is 11.5 Å². The molecule has 1 heterocycles. The predicted molar refractivity (Wildman–Crippen MR) is 73.4 cm³/mol. The zero-order chi connectivity index (χ0) is 13.8. The molecule has 1 atom stereocenters. The van der Waals surface area contributed by atoms with Crippen LogP contribution in [0.25, 0.3) is 0 Å². The van der Waals surface area contributed by atoms with Crippen molar-refractivity contribution < 1.29 is 9.47 Å². The van der Waals surface area contributed by atoms with Crippen LogP contribution < -0.4 is 15.2 Å². The molecule has 5 nitrogen and oxygen atoms in total. The molecule has 2 rings (SSSR count). The van der Waals surface area contributed by atoms with Crippen molar-refractivity contribution in [1.29, 1.82) is 0 Å². The maximum Gasteiger partial charge on any atom is 0.161 e. The Morgan fingerprint density at radius 2 is 2.00 bits per heavy atom. The number of hydrogen-bond acceptors (Lipinski definition) is 4. The van der Waals surface area contributed by atoms with Crippen molar-refractivity contribution in [2.45, 2.75) is 19.5 Å². The third-order valence-corrected chi connectivity index (χ3v) is 3.15. The summed E-state index contributed by atoms with van der Waals surface area (Å²) in [7, 11) is 3.24. The highest BCUT2D eigenvalue weighted by Gasteiger charge is 2.11. The third-order valence-electron chi connectivity index (χ3n) is 3.15. The topological polar surface area (TPSA) is 62.3 Å². The molecule has 0 amide bonds. The van der Waals surface area contributed by atoms with Gasteiger partial charge in [0.1, 0.15) is 5.82 Å². The molecule has 0 bridgehead atoms. The first-order valence-corrected chi connectivity index (χ1v) is 6.11. The Labute approximate surface area is 113 Å². The van der Waals surface area contributed by atoms with Gasteiger partial charge in [-0.1, -0.05) is 6.07 Å². The normalized spacial score (nSPS) is 12.2. The van der Waals surface area contributed by atoms with Crippen molar-refractivity contribution in [3.8, 4) is 11.5 Å². The highest BCUT2D eigenvalue weighted by molar-refractivity contribution is 5.43. The molecule has 1 unspecified atom stereocenters. The summed E-state index contributed by atoms with van der Waals surface area (Å²) < 4.78 is 12.5. The summed E-state index contributed by atoms with van der Waals surface area (Å²) in [5, 5.41) is 0. The fraction of sp³-hybridized carbons (Fsp3) is 0.357. The van der Waals surface area contributed by atoms with Crippen LogP contribution >= 0.6 is 0 Å². The van der Waals surface area contributed by atoms with Gasteiger partial charge in [-0.2, -0.15) is 0 Å². The lowest BCUT2D eigenvalue weighted by atomic mass is 10.1. The van der Waals surface area contributed by atoms with Crippen molar-refractivity contribution in [1.82, 2.24) is 9.55 Å². The maximum atomic E-state index is 6.23. The van der Waals surface area contributed by atoms with Crippen molar-refractivity contribution in [2.24, 2.45) is 5.73 Å². The van der Waals surface area contributed by atoms with Gasteiger partial charge in [0.25, 0.3) is 0 Å². The van der Waals surface area contributed by atoms with Crippen LogP contribution in [0.2, 0.25) is 0 Å². The van der Waals surface area contributed by atoms with Crippen LogP contribution in [0.4, 0.5) is 0 Å². The summed E-state index contributed by atoms with van der Waals surface area (Å²) in [6.07, 6.45) is 3.70. The summed E-state index contributed by atoms with van der Waals surface area (Å²) in [5.41, 5.74) is 7.23. The number of methoxy groups -OCH3 is 2. The van der Waals surface area contributed by atoms with Crippen molar-refractivity contribution >= 4 is 0 Å². The van der Waals surface area contributed by atoms with Gasteiger partial charge in [0, 0.05) is 25.0 Å². The molecule has 0 saturated heterocycles. The fourth-order valence-corrected chi connectivity index (χ4v) is 2.00. The van der Waals surface area contributed by atoms with E-state index in [1.54, 1.807) is 20.4 Å². The van der Waals surface area contributed by atoms with Gasteiger partial charge in [-0.15, -0.1) is 0 Å². The van der Waals surface area contributed by atoms with Crippen molar-refractivity contribution in [3.63, 3.8) is 0 Å². The highest BCUT2D eigenvalue weighted by atomic mass is 16.5. The molecule has 0 radical (unpaired) electrons. The van der Waals surface area contributed by atoms with Gasteiger partial charge in [-0.25, -0.2) is 4.98 Å². The van der Waals surface area contributed by atoms with Gasteiger partial charge >= 0.3 is 0 Å². The van der Waals surface area contributed by atoms with Crippen LogP contribution in [0, 0.1) is 6.92 Å². The summed E-state index contributed by atoms with van der Waals surface area (Å²) in [6.45, 7) is 2.64. The minimum Gasteiger partial charge on any atom is -0.493 e. The SMILES string of the molecule is COc1ccc(C(N)Cn2ccnc2C)cc1OC. The highest BCUT2D eigenvalue weighted by Crippen LogP contribution is 2.29. The average molecular weight is 261 g/mol. The Balaban J connectivity index is 2.19. The molecule has 0 aliphatic rings. The first-order chi connectivity index (χ1) is 9.15. The second kappa shape index (κ2) is 5.75. The Hall–Kier alpha value is -2.01. The van der Waals surface area contributed by atoms with Gasteiger partial charge in [0.05, 0.1) is 14.2 Å². The summed E-state index contributed by atoms with van der Waals surface area (Å²) in [4.78, 5) is 4.19. The van der Waals surface area contributed by atoms with Crippen LogP contribution in [-0.4, -0.2) is 23.8 Å². The number of ether oxygens (including phenoxy) is 2. The molecular formula is C14H19N3O2. The molecule has 0 spiro atoms. The minimum absolute atomic E-state index is 0.118. The zero-order valence-electron chi connectivity index (χ0n) is 11.5. The average Bonchev–Trinajstić information content (AvgIpc) is 2.83. The molecule has 5 heteroatoms. The molecule has 1 aromatic heterocycles. The first kappa shape index (κ1) is 13.4. The molecule has 102 valence electrons. The Morgan fingerprint density at radius 3 is 2.58 bits per heavy atom. The van der Waals surface area contributed by atoms with Crippen LogP contribution in [0.5, 0.6) is 11.5 Å². The molecule has 0 fully saturated rings. The number of rotatable bonds is 5. The Morgan fingerprint density at radius 1 is 1.26 bits per heavy atom. The summed E-state index contributed by atoms with van der Waals surface area (Å²) in [5.74, 6) is 2.35. The molecule has 2 aromatic rings. The predicted octanol–water partition coefficient (Wildman–Crippen LogP) is 1.91. The Kier molecular flexibility index (Phi) is 4.06. The van der Waals surface area contributed by atoms with Crippen molar-refractivity contribution in [2.75, 3.05) is 14.2 Å². The molecule has 1 aromatic carbocycles. The van der Waals surface area contributed by atoms with E-state index < -0.39 is 0 Å². The van der Waals surface area contributed by atoms with Gasteiger partial charge in [-0.05, 0) is 24.6 Å². The summed E-state index contributed by atoms with van der Waals surface area (Å²) in [6, 6.07) is 5.62. The lowest BCUT2D eigenvalue weighted by molar-refractivity contribution is 0.354. The smallest absolute Gasteiger partial charge is 0.161 e. The number of aryl methyl sites for hydroxylation is 1. The maximum absolute atomic E-state index is 6.23. The van der Waals surface area contributed by atoms with E-state index >= 15 is 0 Å². The lowest BCUT2D eigenvalue weighted by Crippen LogP contribution is -2.18. The third kappa shape index (κ3) is 2.88. The molecule has 19 heavy (non-hydrogen) atoms. The van der Waals surface area contributed by atoms with E-state index in [0.29, 0.717) is 18.0 Å². The van der Waals surface area contributed by atoms with E-state index in [1.165, 1.54) is 0 Å². The number of benzene rings is 1. The van der Waals surface area contributed by atoms with E-state index in [-0.39, 0.29) is 6.04 Å². The van der Waals surface area contributed by atoms with Crippen molar-refractivity contribution in [3.05, 3.63) is 42.0 Å². The number of imidazole rings is 1. The van der Waals surface area contributed by atoms with Gasteiger partial charge in [0.2, 0.25) is 0 Å². The van der Waals surface area contributed by atoms with Crippen LogP contribution in [0.15, 0.2) is 30.6 Å². The zero-order valence-corrected chi connectivity index (χ0v) is 11.5. The van der Waals surface area contributed by atoms with Crippen LogP contribution in [-0.2, 0) is 6.54 Å². The molecule has 0 aliphatic carbocycles. The van der Waals surface area contributed by atoms with E-state index in [4.69, 9.17) is 15.2 Å². The van der Waals surface area contributed by atoms with Gasteiger partial charge in [-0.3, -0.25) is 0 Å². The fourth-order valence-electron chi connectivity index (χ4n) is 2.00. The second-order valence-electron chi connectivity index (χ2n) is 4.35. The molecule has 0 aliphatic heterocycles. The standard InChI is InChI=1S/C14H19N3O2/c1-10-16-6-7-17(10)9-12(15)11-4-5-13(18-2)14(8-11)19-3/h4-8,12H,9,15H2,1-3H3.